The zero-order chi connectivity index (χ0) is 14.9. The van der Waals surface area contributed by atoms with Crippen LogP contribution in [0.5, 0.6) is 0 Å². The van der Waals surface area contributed by atoms with Crippen LogP contribution in [0.1, 0.15) is 37.9 Å². The van der Waals surface area contributed by atoms with Crippen molar-refractivity contribution in [2.75, 3.05) is 5.32 Å². The maximum Gasteiger partial charge on any atom is 0.237 e. The molecule has 108 valence electrons. The summed E-state index contributed by atoms with van der Waals surface area (Å²) in [6.07, 6.45) is 0.398. The Morgan fingerprint density at radius 3 is 2.70 bits per heavy atom. The van der Waals surface area contributed by atoms with Crippen molar-refractivity contribution in [3.63, 3.8) is 0 Å². The monoisotopic (exact) mass is 275 g/mol. The van der Waals surface area contributed by atoms with Gasteiger partial charge in [0.1, 0.15) is 0 Å². The van der Waals surface area contributed by atoms with Gasteiger partial charge in [-0.1, -0.05) is 26.0 Å². The van der Waals surface area contributed by atoms with Crippen molar-refractivity contribution in [3.8, 4) is 0 Å². The molecule has 5 nitrogen and oxygen atoms in total. The number of anilines is 1. The Balaban J connectivity index is 2.07. The first-order valence-electron chi connectivity index (χ1n) is 6.87. The average Bonchev–Trinajstić information content (AvgIpc) is 2.76. The largest absolute Gasteiger partial charge is 0.348 e. The fourth-order valence-corrected chi connectivity index (χ4v) is 2.21. The lowest BCUT2D eigenvalue weighted by Gasteiger charge is -2.20. The Bertz CT molecular complexity index is 540. The Labute approximate surface area is 118 Å². The van der Waals surface area contributed by atoms with E-state index < -0.39 is 6.04 Å². The van der Waals surface area contributed by atoms with Gasteiger partial charge in [0.25, 0.3) is 0 Å². The second kappa shape index (κ2) is 5.63. The third kappa shape index (κ3) is 2.99. The van der Waals surface area contributed by atoms with Crippen molar-refractivity contribution >= 4 is 17.5 Å². The van der Waals surface area contributed by atoms with E-state index in [2.05, 4.69) is 10.6 Å². The molecule has 4 N–H and O–H groups in total. The molecular formula is C15H21N3O2. The summed E-state index contributed by atoms with van der Waals surface area (Å²) in [7, 11) is 0. The summed E-state index contributed by atoms with van der Waals surface area (Å²) in [5.74, 6) is -0.0399. The van der Waals surface area contributed by atoms with E-state index in [1.807, 2.05) is 39.0 Å². The molecule has 0 bridgehead atoms. The van der Waals surface area contributed by atoms with Crippen LogP contribution < -0.4 is 16.4 Å². The van der Waals surface area contributed by atoms with Crippen LogP contribution in [0.25, 0.3) is 0 Å². The van der Waals surface area contributed by atoms with Gasteiger partial charge in [-0.05, 0) is 30.0 Å². The fraction of sp³-hybridized carbons (Fsp3) is 0.467. The van der Waals surface area contributed by atoms with Gasteiger partial charge < -0.3 is 16.4 Å². The first-order chi connectivity index (χ1) is 9.38. The Hall–Kier alpha value is -1.88. The van der Waals surface area contributed by atoms with Crippen LogP contribution in [-0.4, -0.2) is 17.9 Å². The highest BCUT2D eigenvalue weighted by molar-refractivity contribution is 5.99. The molecule has 2 rings (SSSR count). The van der Waals surface area contributed by atoms with Gasteiger partial charge in [-0.15, -0.1) is 0 Å². The van der Waals surface area contributed by atoms with E-state index in [-0.39, 0.29) is 23.8 Å². The minimum atomic E-state index is -0.505. The molecule has 1 unspecified atom stereocenters. The molecule has 20 heavy (non-hydrogen) atoms. The second-order valence-corrected chi connectivity index (χ2v) is 5.64. The third-order valence-electron chi connectivity index (χ3n) is 3.63. The fourth-order valence-electron chi connectivity index (χ4n) is 2.21. The van der Waals surface area contributed by atoms with Crippen molar-refractivity contribution in [2.24, 2.45) is 11.7 Å². The normalized spacial score (nSPS) is 16.6. The molecule has 2 amide bonds. The second-order valence-electron chi connectivity index (χ2n) is 5.64. The van der Waals surface area contributed by atoms with Gasteiger partial charge in [-0.25, -0.2) is 0 Å². The number of benzene rings is 1. The van der Waals surface area contributed by atoms with E-state index >= 15 is 0 Å². The number of carbonyl (C=O) groups excluding carboxylic acids is 2. The highest BCUT2D eigenvalue weighted by atomic mass is 16.2. The van der Waals surface area contributed by atoms with E-state index in [1.165, 1.54) is 0 Å². The van der Waals surface area contributed by atoms with Gasteiger partial charge in [-0.3, -0.25) is 9.59 Å². The van der Waals surface area contributed by atoms with Crippen LogP contribution in [0.15, 0.2) is 18.2 Å². The van der Waals surface area contributed by atoms with E-state index in [4.69, 9.17) is 5.73 Å². The van der Waals surface area contributed by atoms with E-state index in [0.717, 1.165) is 16.8 Å². The number of hydrogen-bond donors (Lipinski definition) is 3. The maximum absolute atomic E-state index is 12.0. The smallest absolute Gasteiger partial charge is 0.237 e. The molecule has 1 aromatic carbocycles. The van der Waals surface area contributed by atoms with Gasteiger partial charge >= 0.3 is 0 Å². The topological polar surface area (TPSA) is 84.2 Å². The molecule has 1 aliphatic heterocycles. The van der Waals surface area contributed by atoms with Crippen LogP contribution >= 0.6 is 0 Å². The minimum absolute atomic E-state index is 0.00988. The summed E-state index contributed by atoms with van der Waals surface area (Å²) in [6.45, 7) is 5.75. The molecule has 0 radical (unpaired) electrons. The maximum atomic E-state index is 12.0. The van der Waals surface area contributed by atoms with Crippen molar-refractivity contribution in [1.82, 2.24) is 5.32 Å². The predicted octanol–water partition coefficient (Wildman–Crippen LogP) is 1.34. The molecule has 1 aliphatic rings. The first-order valence-corrected chi connectivity index (χ1v) is 6.87. The quantitative estimate of drug-likeness (QED) is 0.775. The highest BCUT2D eigenvalue weighted by Crippen LogP contribution is 2.26. The number of fused-ring (bicyclic) bond motifs is 1. The number of nitrogens with two attached hydrogens (primary N) is 1. The predicted molar refractivity (Wildman–Crippen MR) is 78.1 cm³/mol. The van der Waals surface area contributed by atoms with Crippen LogP contribution in [0.4, 0.5) is 5.69 Å². The molecule has 0 aliphatic carbocycles. The minimum Gasteiger partial charge on any atom is -0.348 e. The average molecular weight is 275 g/mol. The zero-order valence-corrected chi connectivity index (χ0v) is 12.1. The number of rotatable bonds is 4. The molecule has 2 atom stereocenters. The van der Waals surface area contributed by atoms with E-state index in [1.54, 1.807) is 0 Å². The number of nitrogens with one attached hydrogen (secondary N) is 2. The van der Waals surface area contributed by atoms with Gasteiger partial charge in [0.2, 0.25) is 11.8 Å². The molecule has 0 spiro atoms. The third-order valence-corrected chi connectivity index (χ3v) is 3.63. The molecule has 1 aromatic rings. The van der Waals surface area contributed by atoms with Crippen LogP contribution in [0, 0.1) is 5.92 Å². The summed E-state index contributed by atoms with van der Waals surface area (Å²) < 4.78 is 0. The number of amides is 2. The van der Waals surface area contributed by atoms with Crippen LogP contribution in [0.2, 0.25) is 0 Å². The van der Waals surface area contributed by atoms with Gasteiger partial charge in [0, 0.05) is 5.69 Å². The summed E-state index contributed by atoms with van der Waals surface area (Å²) >= 11 is 0. The van der Waals surface area contributed by atoms with Crippen LogP contribution in [0.3, 0.4) is 0 Å². The summed E-state index contributed by atoms with van der Waals surface area (Å²) in [6, 6.07) is 5.11. The van der Waals surface area contributed by atoms with Crippen molar-refractivity contribution in [1.29, 1.82) is 0 Å². The number of hydrogen-bond acceptors (Lipinski definition) is 3. The highest BCUT2D eigenvalue weighted by Gasteiger charge is 2.22. The standard InChI is InChI=1S/C15H21N3O2/c1-8(2)14(16)15(20)17-9(3)10-4-5-12-11(6-10)7-13(19)18-12/h4-6,8-9,14H,7,16H2,1-3H3,(H,17,20)(H,18,19)/t9?,14-/m0/s1. The van der Waals surface area contributed by atoms with Crippen molar-refractivity contribution in [3.05, 3.63) is 29.3 Å². The van der Waals surface area contributed by atoms with E-state index in [9.17, 15) is 9.59 Å². The van der Waals surface area contributed by atoms with Crippen molar-refractivity contribution < 1.29 is 9.59 Å². The summed E-state index contributed by atoms with van der Waals surface area (Å²) in [5.41, 5.74) is 8.64. The lowest BCUT2D eigenvalue weighted by Crippen LogP contribution is -2.44. The molecular weight excluding hydrogens is 254 g/mol. The zero-order valence-electron chi connectivity index (χ0n) is 12.1. The summed E-state index contributed by atoms with van der Waals surface area (Å²) in [4.78, 5) is 23.3. The SMILES string of the molecule is CC(NC(=O)[C@@H](N)C(C)C)c1ccc2c(c1)CC(=O)N2. The molecule has 0 fully saturated rings. The van der Waals surface area contributed by atoms with Crippen molar-refractivity contribution in [2.45, 2.75) is 39.3 Å². The Morgan fingerprint density at radius 2 is 2.05 bits per heavy atom. The first kappa shape index (κ1) is 14.5. The molecule has 5 heteroatoms. The molecule has 1 heterocycles. The Morgan fingerprint density at radius 1 is 1.35 bits per heavy atom. The molecule has 0 aromatic heterocycles. The number of carbonyl (C=O) groups is 2. The van der Waals surface area contributed by atoms with Gasteiger partial charge in [-0.2, -0.15) is 0 Å². The lowest BCUT2D eigenvalue weighted by molar-refractivity contribution is -0.123. The molecule has 0 saturated carbocycles. The van der Waals surface area contributed by atoms with Crippen LogP contribution in [-0.2, 0) is 16.0 Å². The van der Waals surface area contributed by atoms with E-state index in [0.29, 0.717) is 6.42 Å². The van der Waals surface area contributed by atoms with Gasteiger partial charge in [0.15, 0.2) is 0 Å². The summed E-state index contributed by atoms with van der Waals surface area (Å²) in [5, 5.41) is 5.70. The molecule has 0 saturated heterocycles. The lowest BCUT2D eigenvalue weighted by atomic mass is 10.0. The van der Waals surface area contributed by atoms with Gasteiger partial charge in [0.05, 0.1) is 18.5 Å². The Kier molecular flexibility index (Phi) is 4.09.